The van der Waals surface area contributed by atoms with Crippen molar-refractivity contribution in [3.8, 4) is 0 Å². The minimum absolute atomic E-state index is 0.00164. The number of carboxylic acid groups (broad SMARTS) is 1. The zero-order valence-corrected chi connectivity index (χ0v) is 20.8. The Kier molecular flexibility index (Phi) is 10.6. The zero-order chi connectivity index (χ0) is 25.9. The number of amides is 1. The van der Waals surface area contributed by atoms with Crippen LogP contribution in [0.15, 0.2) is 61.2 Å². The number of carboxylic acids is 1. The molecular formula is C28H36N2O6. The van der Waals surface area contributed by atoms with Crippen LogP contribution in [0.5, 0.6) is 0 Å². The number of aliphatic hydroxyl groups is 1. The van der Waals surface area contributed by atoms with E-state index in [1.807, 2.05) is 61.7 Å². The fourth-order valence-electron chi connectivity index (χ4n) is 4.16. The molecule has 0 spiro atoms. The van der Waals surface area contributed by atoms with Crippen LogP contribution in [0.3, 0.4) is 0 Å². The smallest absolute Gasteiger partial charge is 0.303 e. The molecule has 1 aliphatic rings. The third-order valence-corrected chi connectivity index (χ3v) is 6.11. The van der Waals surface area contributed by atoms with Gasteiger partial charge in [-0.3, -0.25) is 9.59 Å². The van der Waals surface area contributed by atoms with E-state index in [4.69, 9.17) is 14.6 Å². The Morgan fingerprint density at radius 3 is 2.36 bits per heavy atom. The number of carbonyl (C=O) groups is 2. The van der Waals surface area contributed by atoms with E-state index in [0.717, 1.165) is 35.3 Å². The quantitative estimate of drug-likeness (QED) is 0.363. The highest BCUT2D eigenvalue weighted by Gasteiger charge is 2.32. The highest BCUT2D eigenvalue weighted by molar-refractivity contribution is 5.76. The molecule has 1 amide bonds. The fourth-order valence-corrected chi connectivity index (χ4v) is 4.16. The van der Waals surface area contributed by atoms with Crippen molar-refractivity contribution in [1.29, 1.82) is 0 Å². The molecule has 1 saturated heterocycles. The summed E-state index contributed by atoms with van der Waals surface area (Å²) in [7, 11) is 2.03. The Bertz CT molecular complexity index is 992. The number of carbonyl (C=O) groups excluding carboxylic acids is 1. The minimum atomic E-state index is -0.899. The van der Waals surface area contributed by atoms with E-state index in [1.54, 1.807) is 0 Å². The Balaban J connectivity index is 1.65. The summed E-state index contributed by atoms with van der Waals surface area (Å²) in [6.07, 6.45) is 2.35. The Morgan fingerprint density at radius 2 is 1.72 bits per heavy atom. The number of aliphatic carboxylic acids is 1. The predicted octanol–water partition coefficient (Wildman–Crippen LogP) is 3.71. The van der Waals surface area contributed by atoms with Gasteiger partial charge in [-0.15, -0.1) is 6.58 Å². The Hall–Kier alpha value is -3.04. The number of nitrogens with zero attached hydrogens (tertiary/aromatic N) is 1. The summed E-state index contributed by atoms with van der Waals surface area (Å²) in [5.41, 5.74) is 3.72. The van der Waals surface area contributed by atoms with Crippen molar-refractivity contribution in [3.63, 3.8) is 0 Å². The number of hydrogen-bond acceptors (Lipinski definition) is 6. The molecule has 1 heterocycles. The van der Waals surface area contributed by atoms with Crippen molar-refractivity contribution in [2.75, 3.05) is 20.1 Å². The average molecular weight is 497 g/mol. The number of nitrogens with one attached hydrogen (secondary N) is 1. The topological polar surface area (TPSA) is 108 Å². The molecule has 0 saturated carbocycles. The van der Waals surface area contributed by atoms with E-state index in [0.29, 0.717) is 19.4 Å². The lowest BCUT2D eigenvalue weighted by Crippen LogP contribution is -2.37. The average Bonchev–Trinajstić information content (AvgIpc) is 2.87. The lowest BCUT2D eigenvalue weighted by atomic mass is 9.99. The van der Waals surface area contributed by atoms with Crippen molar-refractivity contribution in [1.82, 2.24) is 10.2 Å². The van der Waals surface area contributed by atoms with E-state index < -0.39 is 12.3 Å². The molecule has 0 aliphatic carbocycles. The first kappa shape index (κ1) is 27.5. The van der Waals surface area contributed by atoms with Crippen LogP contribution in [-0.2, 0) is 32.2 Å². The first-order valence-corrected chi connectivity index (χ1v) is 12.2. The van der Waals surface area contributed by atoms with Gasteiger partial charge in [-0.25, -0.2) is 0 Å². The third-order valence-electron chi connectivity index (χ3n) is 6.11. The van der Waals surface area contributed by atoms with Crippen LogP contribution >= 0.6 is 0 Å². The fraction of sp³-hybridized carbons (Fsp3) is 0.429. The standard InChI is InChI=1S/C28H36N2O6/c1-3-15-30(2)18-24-16-25(22-11-9-21(19-31)10-12-22)36-28(35-24)23-13-7-20(8-14-23)17-29-26(32)5-4-6-27(33)34/h3,7-14,24-25,28,31H,1,4-6,15-19H2,2H3,(H,29,32)(H,33,34)/t24-,25+,28+/m1/s1. The third kappa shape index (κ3) is 8.57. The molecular weight excluding hydrogens is 460 g/mol. The lowest BCUT2D eigenvalue weighted by Gasteiger charge is -2.37. The van der Waals surface area contributed by atoms with Crippen molar-refractivity contribution in [2.45, 2.75) is 57.3 Å². The Morgan fingerprint density at radius 1 is 1.06 bits per heavy atom. The maximum atomic E-state index is 11.9. The molecule has 3 rings (SSSR count). The molecule has 8 heteroatoms. The molecule has 194 valence electrons. The van der Waals surface area contributed by atoms with Gasteiger partial charge in [-0.05, 0) is 30.2 Å². The molecule has 2 aromatic carbocycles. The summed E-state index contributed by atoms with van der Waals surface area (Å²) >= 11 is 0. The van der Waals surface area contributed by atoms with Gasteiger partial charge in [0, 0.05) is 44.5 Å². The Labute approximate surface area is 212 Å². The highest BCUT2D eigenvalue weighted by atomic mass is 16.7. The summed E-state index contributed by atoms with van der Waals surface area (Å²) in [6.45, 7) is 5.68. The summed E-state index contributed by atoms with van der Waals surface area (Å²) < 4.78 is 12.7. The number of likely N-dealkylation sites (N-methyl/N-ethyl adjacent to an activating group) is 1. The first-order valence-electron chi connectivity index (χ1n) is 12.2. The summed E-state index contributed by atoms with van der Waals surface area (Å²) in [4.78, 5) is 24.7. The molecule has 1 aliphatic heterocycles. The number of rotatable bonds is 13. The first-order chi connectivity index (χ1) is 17.4. The molecule has 0 aromatic heterocycles. The van der Waals surface area contributed by atoms with Crippen LogP contribution in [-0.4, -0.2) is 53.2 Å². The van der Waals surface area contributed by atoms with Crippen LogP contribution in [0.1, 0.15) is 60.3 Å². The van der Waals surface area contributed by atoms with Gasteiger partial charge < -0.3 is 29.9 Å². The number of ether oxygens (including phenoxy) is 2. The van der Waals surface area contributed by atoms with Crippen LogP contribution in [0, 0.1) is 0 Å². The van der Waals surface area contributed by atoms with Gasteiger partial charge in [0.15, 0.2) is 6.29 Å². The number of aliphatic hydroxyl groups excluding tert-OH is 1. The molecule has 8 nitrogen and oxygen atoms in total. The van der Waals surface area contributed by atoms with E-state index in [2.05, 4.69) is 16.8 Å². The van der Waals surface area contributed by atoms with E-state index in [-0.39, 0.29) is 37.6 Å². The molecule has 1 fully saturated rings. The zero-order valence-electron chi connectivity index (χ0n) is 20.8. The van der Waals surface area contributed by atoms with Gasteiger partial charge in [0.25, 0.3) is 0 Å². The number of hydrogen-bond donors (Lipinski definition) is 3. The molecule has 36 heavy (non-hydrogen) atoms. The SMILES string of the molecule is C=CCN(C)C[C@H]1C[C@@H](c2ccc(CO)cc2)O[C@@H](c2ccc(CNC(=O)CCCC(=O)O)cc2)O1. The van der Waals surface area contributed by atoms with Gasteiger partial charge in [0.05, 0.1) is 18.8 Å². The highest BCUT2D eigenvalue weighted by Crippen LogP contribution is 2.38. The van der Waals surface area contributed by atoms with Crippen LogP contribution < -0.4 is 5.32 Å². The molecule has 0 bridgehead atoms. The lowest BCUT2D eigenvalue weighted by molar-refractivity contribution is -0.252. The van der Waals surface area contributed by atoms with Crippen molar-refractivity contribution >= 4 is 11.9 Å². The van der Waals surface area contributed by atoms with Gasteiger partial charge in [0.1, 0.15) is 0 Å². The van der Waals surface area contributed by atoms with Crippen LogP contribution in [0.2, 0.25) is 0 Å². The maximum absolute atomic E-state index is 11.9. The molecule has 3 atom stereocenters. The van der Waals surface area contributed by atoms with Crippen molar-refractivity contribution in [3.05, 3.63) is 83.4 Å². The van der Waals surface area contributed by atoms with E-state index in [9.17, 15) is 14.7 Å². The largest absolute Gasteiger partial charge is 0.481 e. The van der Waals surface area contributed by atoms with Crippen LogP contribution in [0.4, 0.5) is 0 Å². The maximum Gasteiger partial charge on any atom is 0.303 e. The minimum Gasteiger partial charge on any atom is -0.481 e. The van der Waals surface area contributed by atoms with Crippen LogP contribution in [0.25, 0.3) is 0 Å². The second kappa shape index (κ2) is 13.9. The number of benzene rings is 2. The molecule has 3 N–H and O–H groups in total. The summed E-state index contributed by atoms with van der Waals surface area (Å²) in [6, 6.07) is 15.5. The molecule has 0 radical (unpaired) electrons. The monoisotopic (exact) mass is 496 g/mol. The normalized spacial score (nSPS) is 19.7. The second-order valence-corrected chi connectivity index (χ2v) is 9.13. The predicted molar refractivity (Wildman–Crippen MR) is 136 cm³/mol. The van der Waals surface area contributed by atoms with Crippen molar-refractivity contribution < 1.29 is 29.3 Å². The van der Waals surface area contributed by atoms with E-state index in [1.165, 1.54) is 0 Å². The van der Waals surface area contributed by atoms with Crippen molar-refractivity contribution in [2.24, 2.45) is 0 Å². The summed E-state index contributed by atoms with van der Waals surface area (Å²) in [5, 5.41) is 20.9. The van der Waals surface area contributed by atoms with E-state index >= 15 is 0 Å². The summed E-state index contributed by atoms with van der Waals surface area (Å²) in [5.74, 6) is -1.06. The van der Waals surface area contributed by atoms with Gasteiger partial charge in [-0.1, -0.05) is 54.6 Å². The second-order valence-electron chi connectivity index (χ2n) is 9.13. The van der Waals surface area contributed by atoms with Gasteiger partial charge in [0.2, 0.25) is 5.91 Å². The van der Waals surface area contributed by atoms with Gasteiger partial charge >= 0.3 is 5.97 Å². The molecule has 0 unspecified atom stereocenters. The molecule has 2 aromatic rings. The van der Waals surface area contributed by atoms with Gasteiger partial charge in [-0.2, -0.15) is 0 Å².